The zero-order chi connectivity index (χ0) is 18.7. The Hall–Kier alpha value is -2.64. The summed E-state index contributed by atoms with van der Waals surface area (Å²) in [5.74, 6) is -1.68. The molecule has 0 aromatic heterocycles. The van der Waals surface area contributed by atoms with E-state index in [1.165, 1.54) is 24.3 Å². The van der Waals surface area contributed by atoms with Crippen molar-refractivity contribution in [2.75, 3.05) is 11.9 Å². The molecule has 0 aliphatic carbocycles. The number of imide groups is 1. The van der Waals surface area contributed by atoms with Crippen LogP contribution in [0.4, 0.5) is 14.9 Å². The molecule has 1 N–H and O–H groups in total. The highest BCUT2D eigenvalue weighted by molar-refractivity contribution is 8.18. The molecule has 5 nitrogen and oxygen atoms in total. The lowest BCUT2D eigenvalue weighted by Crippen LogP contribution is -2.36. The molecule has 132 valence electrons. The summed E-state index contributed by atoms with van der Waals surface area (Å²) in [6, 6.07) is 12.2. The number of anilines is 1. The van der Waals surface area contributed by atoms with Gasteiger partial charge in [-0.3, -0.25) is 19.3 Å². The van der Waals surface area contributed by atoms with Gasteiger partial charge in [-0.05, 0) is 47.7 Å². The second-order valence-corrected chi connectivity index (χ2v) is 6.75. The molecular weight excluding hydrogens is 379 g/mol. The molecule has 0 radical (unpaired) electrons. The number of amides is 3. The largest absolute Gasteiger partial charge is 0.324 e. The molecule has 8 heteroatoms. The predicted octanol–water partition coefficient (Wildman–Crippen LogP) is 4.15. The number of nitrogens with zero attached hydrogens (tertiary/aromatic N) is 1. The van der Waals surface area contributed by atoms with Crippen LogP contribution in [0.1, 0.15) is 5.56 Å². The van der Waals surface area contributed by atoms with Crippen LogP contribution in [0.5, 0.6) is 0 Å². The van der Waals surface area contributed by atoms with Gasteiger partial charge in [0, 0.05) is 10.7 Å². The first-order chi connectivity index (χ1) is 12.4. The van der Waals surface area contributed by atoms with Crippen LogP contribution in [0, 0.1) is 5.82 Å². The van der Waals surface area contributed by atoms with E-state index in [0.717, 1.165) is 22.7 Å². The molecule has 0 atom stereocenters. The van der Waals surface area contributed by atoms with Gasteiger partial charge in [-0.2, -0.15) is 0 Å². The van der Waals surface area contributed by atoms with E-state index < -0.39 is 29.4 Å². The lowest BCUT2D eigenvalue weighted by Gasteiger charge is -2.12. The van der Waals surface area contributed by atoms with E-state index >= 15 is 0 Å². The summed E-state index contributed by atoms with van der Waals surface area (Å²) in [4.78, 5) is 37.6. The average molecular weight is 391 g/mol. The first kappa shape index (κ1) is 18.2. The van der Waals surface area contributed by atoms with E-state index in [0.29, 0.717) is 10.6 Å². The van der Waals surface area contributed by atoms with Crippen LogP contribution >= 0.6 is 23.4 Å². The smallest absolute Gasteiger partial charge is 0.294 e. The number of thioether (sulfide) groups is 1. The second-order valence-electron chi connectivity index (χ2n) is 5.35. The molecule has 1 saturated heterocycles. The number of nitrogens with one attached hydrogen (secondary N) is 1. The molecule has 2 aromatic rings. The minimum absolute atomic E-state index is 0.182. The van der Waals surface area contributed by atoms with Crippen molar-refractivity contribution in [1.29, 1.82) is 0 Å². The fourth-order valence-electron chi connectivity index (χ4n) is 2.28. The van der Waals surface area contributed by atoms with Crippen molar-refractivity contribution in [3.05, 3.63) is 69.8 Å². The zero-order valence-electron chi connectivity index (χ0n) is 13.2. The van der Waals surface area contributed by atoms with Gasteiger partial charge < -0.3 is 5.32 Å². The molecule has 2 aromatic carbocycles. The summed E-state index contributed by atoms with van der Waals surface area (Å²) >= 11 is 6.79. The summed E-state index contributed by atoms with van der Waals surface area (Å²) in [5.41, 5.74) is 0.845. The van der Waals surface area contributed by atoms with Crippen LogP contribution in [-0.2, 0) is 9.59 Å². The molecular formula is C18H12ClFN2O3S. The number of benzene rings is 2. The zero-order valence-corrected chi connectivity index (χ0v) is 14.8. The third-order valence-corrected chi connectivity index (χ3v) is 4.73. The summed E-state index contributed by atoms with van der Waals surface area (Å²) in [5, 5.41) is 2.34. The third-order valence-electron chi connectivity index (χ3n) is 3.48. The van der Waals surface area contributed by atoms with Crippen LogP contribution in [-0.4, -0.2) is 28.5 Å². The van der Waals surface area contributed by atoms with Crippen LogP contribution in [0.2, 0.25) is 5.02 Å². The van der Waals surface area contributed by atoms with Gasteiger partial charge in [0.2, 0.25) is 5.91 Å². The van der Waals surface area contributed by atoms with Crippen molar-refractivity contribution < 1.29 is 18.8 Å². The average Bonchev–Trinajstić information content (AvgIpc) is 2.84. The summed E-state index contributed by atoms with van der Waals surface area (Å²) in [6.45, 7) is -0.457. The van der Waals surface area contributed by atoms with Gasteiger partial charge in [0.1, 0.15) is 12.4 Å². The predicted molar refractivity (Wildman–Crippen MR) is 99.2 cm³/mol. The van der Waals surface area contributed by atoms with Crippen molar-refractivity contribution in [1.82, 2.24) is 4.90 Å². The normalized spacial score (nSPS) is 15.6. The number of carbonyl (C=O) groups is 3. The molecule has 1 aliphatic rings. The fourth-order valence-corrected chi connectivity index (χ4v) is 3.30. The Balaban J connectivity index is 1.71. The van der Waals surface area contributed by atoms with Crippen LogP contribution < -0.4 is 5.32 Å². The molecule has 0 saturated carbocycles. The number of rotatable bonds is 4. The molecule has 1 fully saturated rings. The quantitative estimate of drug-likeness (QED) is 0.796. The maximum absolute atomic E-state index is 13.1. The van der Waals surface area contributed by atoms with Crippen molar-refractivity contribution in [3.8, 4) is 0 Å². The Morgan fingerprint density at radius 1 is 1.19 bits per heavy atom. The van der Waals surface area contributed by atoms with E-state index in [9.17, 15) is 18.8 Å². The summed E-state index contributed by atoms with van der Waals surface area (Å²) in [7, 11) is 0. The van der Waals surface area contributed by atoms with E-state index in [1.807, 2.05) is 0 Å². The summed E-state index contributed by atoms with van der Waals surface area (Å²) in [6.07, 6.45) is 1.51. The number of hydrogen-bond donors (Lipinski definition) is 1. The second kappa shape index (κ2) is 7.72. The van der Waals surface area contributed by atoms with Crippen LogP contribution in [0.3, 0.4) is 0 Å². The highest BCUT2D eigenvalue weighted by Crippen LogP contribution is 2.33. The lowest BCUT2D eigenvalue weighted by molar-refractivity contribution is -0.127. The van der Waals surface area contributed by atoms with E-state index in [-0.39, 0.29) is 10.6 Å². The van der Waals surface area contributed by atoms with Gasteiger partial charge in [-0.25, -0.2) is 4.39 Å². The number of carbonyl (C=O) groups excluding carboxylic acids is 3. The molecule has 1 aliphatic heterocycles. The number of hydrogen-bond acceptors (Lipinski definition) is 4. The van der Waals surface area contributed by atoms with Crippen molar-refractivity contribution in [2.24, 2.45) is 0 Å². The van der Waals surface area contributed by atoms with Gasteiger partial charge in [0.05, 0.1) is 4.91 Å². The Morgan fingerprint density at radius 3 is 2.69 bits per heavy atom. The van der Waals surface area contributed by atoms with E-state index in [4.69, 9.17) is 11.6 Å². The van der Waals surface area contributed by atoms with Gasteiger partial charge in [0.15, 0.2) is 0 Å². The van der Waals surface area contributed by atoms with E-state index in [1.54, 1.807) is 24.3 Å². The lowest BCUT2D eigenvalue weighted by atomic mass is 10.2. The van der Waals surface area contributed by atoms with Crippen LogP contribution in [0.25, 0.3) is 6.08 Å². The maximum Gasteiger partial charge on any atom is 0.294 e. The Kier molecular flexibility index (Phi) is 5.39. The van der Waals surface area contributed by atoms with Gasteiger partial charge in [0.25, 0.3) is 11.1 Å². The van der Waals surface area contributed by atoms with Gasteiger partial charge in [-0.15, -0.1) is 0 Å². The van der Waals surface area contributed by atoms with Crippen LogP contribution in [0.15, 0.2) is 53.4 Å². The van der Waals surface area contributed by atoms with E-state index in [2.05, 4.69) is 5.32 Å². The Morgan fingerprint density at radius 2 is 1.96 bits per heavy atom. The fraction of sp³-hybridized carbons (Fsp3) is 0.0556. The maximum atomic E-state index is 13.1. The molecule has 3 amide bonds. The highest BCUT2D eigenvalue weighted by atomic mass is 35.5. The van der Waals surface area contributed by atoms with Crippen molar-refractivity contribution >= 4 is 52.2 Å². The highest BCUT2D eigenvalue weighted by Gasteiger charge is 2.36. The Labute approximate surface area is 157 Å². The monoisotopic (exact) mass is 390 g/mol. The SMILES string of the molecule is O=C(CN1C(=O)S/C(=C/c2ccccc2Cl)C1=O)Nc1cccc(F)c1. The molecule has 0 bridgehead atoms. The van der Waals surface area contributed by atoms with Gasteiger partial charge >= 0.3 is 0 Å². The first-order valence-electron chi connectivity index (χ1n) is 7.49. The number of halogens is 2. The standard InChI is InChI=1S/C18H12ClFN2O3S/c19-14-7-2-1-4-11(14)8-15-17(24)22(18(25)26-15)10-16(23)21-13-6-3-5-12(20)9-13/h1-9H,10H2,(H,21,23)/b15-8+. The van der Waals surface area contributed by atoms with Gasteiger partial charge in [-0.1, -0.05) is 35.9 Å². The van der Waals surface area contributed by atoms with Crippen molar-refractivity contribution in [3.63, 3.8) is 0 Å². The molecule has 1 heterocycles. The third kappa shape index (κ3) is 4.12. The Bertz CT molecular complexity index is 932. The molecule has 0 spiro atoms. The molecule has 0 unspecified atom stereocenters. The minimum atomic E-state index is -0.600. The molecule has 3 rings (SSSR count). The summed E-state index contributed by atoms with van der Waals surface area (Å²) < 4.78 is 13.1. The minimum Gasteiger partial charge on any atom is -0.324 e. The first-order valence-corrected chi connectivity index (χ1v) is 8.69. The van der Waals surface area contributed by atoms with Crippen molar-refractivity contribution in [2.45, 2.75) is 0 Å². The molecule has 26 heavy (non-hydrogen) atoms. The topological polar surface area (TPSA) is 66.5 Å².